The molecule has 0 fully saturated rings. The fourth-order valence-corrected chi connectivity index (χ4v) is 6.53. The first kappa shape index (κ1) is 44.8. The predicted molar refractivity (Wildman–Crippen MR) is 197 cm³/mol. The van der Waals surface area contributed by atoms with Crippen LogP contribution in [0.5, 0.6) is 0 Å². The lowest BCUT2D eigenvalue weighted by Gasteiger charge is -2.33. The minimum atomic E-state index is -0.528. The third-order valence-electron chi connectivity index (χ3n) is 9.58. The van der Waals surface area contributed by atoms with Crippen LogP contribution in [-0.4, -0.2) is 82.8 Å². The van der Waals surface area contributed by atoms with E-state index in [0.717, 1.165) is 51.6 Å². The largest absolute Gasteiger partial charge is 0.392 e. The molecule has 5 N–H and O–H groups in total. The Labute approximate surface area is 282 Å². The van der Waals surface area contributed by atoms with Crippen molar-refractivity contribution in [3.05, 3.63) is 0 Å². The predicted octanol–water partition coefficient (Wildman–Crippen LogP) is 9.18. The second kappa shape index (κ2) is 35.1. The maximum atomic E-state index is 11.2. The zero-order chi connectivity index (χ0) is 33.2. The highest BCUT2D eigenvalue weighted by Gasteiger charge is 2.21. The van der Waals surface area contributed by atoms with Gasteiger partial charge in [0.1, 0.15) is 6.23 Å². The third-order valence-corrected chi connectivity index (χ3v) is 9.58. The average molecular weight is 642 g/mol. The van der Waals surface area contributed by atoms with Gasteiger partial charge in [-0.15, -0.1) is 0 Å². The molecule has 3 unspecified atom stereocenters. The number of hydrogen-bond donors (Lipinski definition) is 4. The quantitative estimate of drug-likeness (QED) is 0.0399. The molecule has 0 rings (SSSR count). The van der Waals surface area contributed by atoms with E-state index in [-0.39, 0.29) is 6.10 Å². The van der Waals surface area contributed by atoms with Crippen LogP contribution in [-0.2, 0) is 0 Å². The van der Waals surface area contributed by atoms with Crippen molar-refractivity contribution in [2.75, 3.05) is 39.3 Å². The Morgan fingerprint density at radius 2 is 0.778 bits per heavy atom. The van der Waals surface area contributed by atoms with Crippen molar-refractivity contribution < 1.29 is 15.3 Å². The molecule has 0 aliphatic rings. The normalized spacial score (nSPS) is 14.1. The van der Waals surface area contributed by atoms with Gasteiger partial charge in [-0.25, -0.2) is 0 Å². The third kappa shape index (κ3) is 30.8. The minimum absolute atomic E-state index is 0.333. The first-order chi connectivity index (χ1) is 22.0. The summed E-state index contributed by atoms with van der Waals surface area (Å²) in [7, 11) is 0. The van der Waals surface area contributed by atoms with Crippen LogP contribution >= 0.6 is 0 Å². The molecule has 0 bridgehead atoms. The molecule has 45 heavy (non-hydrogen) atoms. The molecule has 0 aliphatic heterocycles. The lowest BCUT2D eigenvalue weighted by atomic mass is 10.0. The van der Waals surface area contributed by atoms with Gasteiger partial charge in [-0.1, -0.05) is 168 Å². The Bertz CT molecular complexity index is 568. The van der Waals surface area contributed by atoms with Crippen molar-refractivity contribution in [2.45, 2.75) is 213 Å². The summed E-state index contributed by atoms with van der Waals surface area (Å²) < 4.78 is 0. The Kier molecular flexibility index (Phi) is 34.9. The monoisotopic (exact) mass is 642 g/mol. The van der Waals surface area contributed by atoms with Gasteiger partial charge in [-0.3, -0.25) is 9.80 Å². The van der Waals surface area contributed by atoms with Gasteiger partial charge in [0.15, 0.2) is 0 Å². The molecular formula is C39H83N3O3. The lowest BCUT2D eigenvalue weighted by Crippen LogP contribution is -2.46. The van der Waals surface area contributed by atoms with Crippen molar-refractivity contribution in [1.29, 1.82) is 0 Å². The zero-order valence-corrected chi connectivity index (χ0v) is 30.9. The molecule has 0 aromatic heterocycles. The van der Waals surface area contributed by atoms with Crippen LogP contribution in [0.15, 0.2) is 0 Å². The molecular weight excluding hydrogens is 558 g/mol. The fraction of sp³-hybridized carbons (Fsp3) is 1.00. The summed E-state index contributed by atoms with van der Waals surface area (Å²) in [5.41, 5.74) is 5.96. The molecule has 0 aromatic rings. The highest BCUT2D eigenvalue weighted by atomic mass is 16.3. The molecule has 0 spiro atoms. The molecule has 0 aromatic carbocycles. The number of rotatable bonds is 37. The van der Waals surface area contributed by atoms with Crippen molar-refractivity contribution in [2.24, 2.45) is 5.73 Å². The Balaban J connectivity index is 4.69. The Morgan fingerprint density at radius 3 is 1.18 bits per heavy atom. The van der Waals surface area contributed by atoms with Crippen LogP contribution in [0.3, 0.4) is 0 Å². The number of aliphatic hydroxyl groups excluding tert-OH is 3. The van der Waals surface area contributed by atoms with E-state index in [9.17, 15) is 15.3 Å². The lowest BCUT2D eigenvalue weighted by molar-refractivity contribution is -0.0356. The van der Waals surface area contributed by atoms with Gasteiger partial charge in [0.25, 0.3) is 0 Å². The number of hydrogen-bond acceptors (Lipinski definition) is 6. The minimum Gasteiger partial charge on any atom is -0.392 e. The van der Waals surface area contributed by atoms with Crippen molar-refractivity contribution in [3.63, 3.8) is 0 Å². The van der Waals surface area contributed by atoms with Gasteiger partial charge in [0.2, 0.25) is 0 Å². The average Bonchev–Trinajstić information content (AvgIpc) is 3.03. The first-order valence-corrected chi connectivity index (χ1v) is 20.2. The topological polar surface area (TPSA) is 93.2 Å². The van der Waals surface area contributed by atoms with Crippen LogP contribution in [0, 0.1) is 0 Å². The van der Waals surface area contributed by atoms with E-state index in [0.29, 0.717) is 26.2 Å². The summed E-state index contributed by atoms with van der Waals surface area (Å²) in [6.07, 6.45) is 31.5. The molecule has 6 nitrogen and oxygen atoms in total. The Hall–Kier alpha value is -0.240. The molecule has 3 atom stereocenters. The second-order valence-corrected chi connectivity index (χ2v) is 14.2. The van der Waals surface area contributed by atoms with E-state index in [1.165, 1.54) is 135 Å². The van der Waals surface area contributed by atoms with Gasteiger partial charge in [-0.05, 0) is 25.7 Å². The van der Waals surface area contributed by atoms with E-state index in [1.54, 1.807) is 0 Å². The number of nitrogens with zero attached hydrogens (tertiary/aromatic N) is 2. The number of aliphatic hydroxyl groups is 3. The van der Waals surface area contributed by atoms with E-state index >= 15 is 0 Å². The number of unbranched alkanes of at least 4 members (excludes halogenated alkanes) is 21. The van der Waals surface area contributed by atoms with Gasteiger partial charge >= 0.3 is 0 Å². The van der Waals surface area contributed by atoms with Crippen LogP contribution in [0.2, 0.25) is 0 Å². The standard InChI is InChI=1S/C39H83N3O3/c1-4-7-10-13-16-19-22-25-28-37(43)35-41(32-31-40)33-34-42(39(45)30-27-24-21-18-15-12-9-6-3)36-38(44)29-26-23-20-17-14-11-8-5-2/h37-39,43-45H,4-36,40H2,1-3H3. The van der Waals surface area contributed by atoms with Crippen LogP contribution in [0.1, 0.15) is 194 Å². The van der Waals surface area contributed by atoms with Crippen LogP contribution in [0.4, 0.5) is 0 Å². The van der Waals surface area contributed by atoms with E-state index < -0.39 is 12.3 Å². The summed E-state index contributed by atoms with van der Waals surface area (Å²) in [6.45, 7) is 10.7. The van der Waals surface area contributed by atoms with E-state index in [2.05, 4.69) is 30.6 Å². The van der Waals surface area contributed by atoms with Crippen LogP contribution < -0.4 is 5.73 Å². The highest BCUT2D eigenvalue weighted by molar-refractivity contribution is 4.73. The summed E-state index contributed by atoms with van der Waals surface area (Å²) >= 11 is 0. The molecule has 0 heterocycles. The van der Waals surface area contributed by atoms with Crippen molar-refractivity contribution in [3.8, 4) is 0 Å². The van der Waals surface area contributed by atoms with Gasteiger partial charge in [0, 0.05) is 39.3 Å². The summed E-state index contributed by atoms with van der Waals surface area (Å²) in [4.78, 5) is 4.36. The Morgan fingerprint density at radius 1 is 0.422 bits per heavy atom. The summed E-state index contributed by atoms with van der Waals surface area (Å²) in [5, 5.41) is 33.0. The molecule has 0 saturated carbocycles. The van der Waals surface area contributed by atoms with E-state index in [1.807, 2.05) is 0 Å². The molecule has 6 heteroatoms. The van der Waals surface area contributed by atoms with Gasteiger partial charge < -0.3 is 21.1 Å². The summed E-state index contributed by atoms with van der Waals surface area (Å²) in [5.74, 6) is 0. The zero-order valence-electron chi connectivity index (χ0n) is 30.9. The molecule has 0 amide bonds. The van der Waals surface area contributed by atoms with Crippen LogP contribution in [0.25, 0.3) is 0 Å². The number of nitrogens with two attached hydrogens (primary N) is 1. The molecule has 0 aliphatic carbocycles. The van der Waals surface area contributed by atoms with E-state index in [4.69, 9.17) is 5.73 Å². The maximum Gasteiger partial charge on any atom is 0.107 e. The van der Waals surface area contributed by atoms with Gasteiger partial charge in [0.05, 0.1) is 12.2 Å². The first-order valence-electron chi connectivity index (χ1n) is 20.2. The SMILES string of the molecule is CCCCCCCCCCC(O)CN(CCN)CCN(CC(O)CCCCCCCCCC)C(O)CCCCCCCCCC. The van der Waals surface area contributed by atoms with Crippen molar-refractivity contribution in [1.82, 2.24) is 9.80 Å². The maximum absolute atomic E-state index is 11.2. The fourth-order valence-electron chi connectivity index (χ4n) is 6.53. The molecule has 0 radical (unpaired) electrons. The molecule has 0 saturated heterocycles. The smallest absolute Gasteiger partial charge is 0.107 e. The second-order valence-electron chi connectivity index (χ2n) is 14.2. The van der Waals surface area contributed by atoms with Gasteiger partial charge in [-0.2, -0.15) is 0 Å². The molecule has 272 valence electrons. The van der Waals surface area contributed by atoms with Crippen molar-refractivity contribution >= 4 is 0 Å². The summed E-state index contributed by atoms with van der Waals surface area (Å²) in [6, 6.07) is 0. The highest BCUT2D eigenvalue weighted by Crippen LogP contribution is 2.16.